The number of imide groups is 1. The van der Waals surface area contributed by atoms with Crippen molar-refractivity contribution in [1.29, 1.82) is 0 Å². The van der Waals surface area contributed by atoms with E-state index in [2.05, 4.69) is 0 Å². The summed E-state index contributed by atoms with van der Waals surface area (Å²) >= 11 is 6.25. The van der Waals surface area contributed by atoms with E-state index in [0.29, 0.717) is 22.2 Å². The van der Waals surface area contributed by atoms with Gasteiger partial charge in [-0.2, -0.15) is 0 Å². The molecule has 0 aliphatic carbocycles. The van der Waals surface area contributed by atoms with Crippen LogP contribution in [-0.2, 0) is 0 Å². The van der Waals surface area contributed by atoms with Gasteiger partial charge in [-0.3, -0.25) is 19.3 Å². The third-order valence-electron chi connectivity index (χ3n) is 5.89. The molecule has 0 aromatic heterocycles. The Morgan fingerprint density at radius 2 is 1.44 bits per heavy atom. The highest BCUT2D eigenvalue weighted by molar-refractivity contribution is 6.34. The number of benzene rings is 4. The Labute approximate surface area is 200 Å². The second-order valence-corrected chi connectivity index (χ2v) is 8.29. The van der Waals surface area contributed by atoms with Crippen LogP contribution in [0.3, 0.4) is 0 Å². The largest absolute Gasteiger partial charge is 0.307 e. The summed E-state index contributed by atoms with van der Waals surface area (Å²) in [4.78, 5) is 42.4. The smallest absolute Gasteiger partial charge is 0.261 e. The summed E-state index contributed by atoms with van der Waals surface area (Å²) in [5.41, 5.74) is 1.57. The first-order valence-corrected chi connectivity index (χ1v) is 11.0. The molecule has 0 unspecified atom stereocenters. The first kappa shape index (κ1) is 21.8. The molecule has 4 aromatic carbocycles. The Balaban J connectivity index is 1.48. The topological polar surface area (TPSA) is 57.7 Å². The molecule has 0 saturated heterocycles. The van der Waals surface area contributed by atoms with Gasteiger partial charge in [-0.15, -0.1) is 0 Å². The van der Waals surface area contributed by atoms with Crippen LogP contribution in [0, 0.1) is 5.82 Å². The van der Waals surface area contributed by atoms with E-state index in [1.807, 2.05) is 12.1 Å². The van der Waals surface area contributed by atoms with E-state index in [1.54, 1.807) is 48.5 Å². The quantitative estimate of drug-likeness (QED) is 0.356. The standard InChI is InChI=1S/C27H18ClFN2O3/c28-23-10-2-1-7-20(23)25(32)30(19-13-11-18(29)12-14-19)15-16-31-26(33)21-8-3-5-17-6-4-9-22(24(17)21)27(31)34/h1-14H,15-16H2. The van der Waals surface area contributed by atoms with Crippen LogP contribution in [0.1, 0.15) is 31.1 Å². The Kier molecular flexibility index (Phi) is 5.59. The molecule has 0 spiro atoms. The molecular weight excluding hydrogens is 455 g/mol. The molecule has 4 aromatic rings. The lowest BCUT2D eigenvalue weighted by atomic mass is 9.94. The van der Waals surface area contributed by atoms with Crippen molar-refractivity contribution in [2.24, 2.45) is 0 Å². The molecule has 168 valence electrons. The minimum Gasteiger partial charge on any atom is -0.307 e. The summed E-state index contributed by atoms with van der Waals surface area (Å²) in [6.07, 6.45) is 0. The van der Waals surface area contributed by atoms with E-state index in [4.69, 9.17) is 11.6 Å². The van der Waals surface area contributed by atoms with Gasteiger partial charge >= 0.3 is 0 Å². The minimum atomic E-state index is -0.444. The van der Waals surface area contributed by atoms with E-state index >= 15 is 0 Å². The van der Waals surface area contributed by atoms with Crippen LogP contribution >= 0.6 is 11.6 Å². The molecule has 3 amide bonds. The van der Waals surface area contributed by atoms with Crippen LogP contribution in [0.2, 0.25) is 5.02 Å². The van der Waals surface area contributed by atoms with Gasteiger partial charge in [-0.25, -0.2) is 4.39 Å². The Morgan fingerprint density at radius 3 is 2.06 bits per heavy atom. The fourth-order valence-electron chi connectivity index (χ4n) is 4.23. The maximum atomic E-state index is 13.5. The molecule has 0 fully saturated rings. The van der Waals surface area contributed by atoms with Gasteiger partial charge in [0, 0.05) is 35.3 Å². The lowest BCUT2D eigenvalue weighted by Gasteiger charge is -2.30. The highest BCUT2D eigenvalue weighted by Gasteiger charge is 2.33. The first-order chi connectivity index (χ1) is 16.5. The number of anilines is 1. The average molecular weight is 473 g/mol. The van der Waals surface area contributed by atoms with E-state index < -0.39 is 23.5 Å². The summed E-state index contributed by atoms with van der Waals surface area (Å²) in [6.45, 7) is -0.0404. The van der Waals surface area contributed by atoms with Gasteiger partial charge in [0.25, 0.3) is 17.7 Å². The van der Waals surface area contributed by atoms with Gasteiger partial charge in [0.15, 0.2) is 0 Å². The molecule has 1 aliphatic heterocycles. The normalized spacial score (nSPS) is 12.8. The van der Waals surface area contributed by atoms with Gasteiger partial charge in [-0.05, 0) is 53.9 Å². The molecule has 34 heavy (non-hydrogen) atoms. The zero-order chi connectivity index (χ0) is 23.8. The maximum absolute atomic E-state index is 13.5. The summed E-state index contributed by atoms with van der Waals surface area (Å²) in [6, 6.07) is 22.7. The van der Waals surface area contributed by atoms with Crippen molar-refractivity contribution in [3.8, 4) is 0 Å². The van der Waals surface area contributed by atoms with Crippen LogP contribution in [0.25, 0.3) is 10.8 Å². The van der Waals surface area contributed by atoms with Crippen molar-refractivity contribution < 1.29 is 18.8 Å². The fraction of sp³-hybridized carbons (Fsp3) is 0.0741. The lowest BCUT2D eigenvalue weighted by Crippen LogP contribution is -2.46. The monoisotopic (exact) mass is 472 g/mol. The Hall–Kier alpha value is -4.03. The van der Waals surface area contributed by atoms with Crippen LogP contribution in [0.4, 0.5) is 10.1 Å². The second kappa shape index (κ2) is 8.72. The molecule has 0 radical (unpaired) electrons. The van der Waals surface area contributed by atoms with Crippen LogP contribution in [0.15, 0.2) is 84.9 Å². The summed E-state index contributed by atoms with van der Waals surface area (Å²) < 4.78 is 13.5. The van der Waals surface area contributed by atoms with E-state index in [-0.39, 0.29) is 23.7 Å². The number of hydrogen-bond donors (Lipinski definition) is 0. The summed E-state index contributed by atoms with van der Waals surface area (Å²) in [5.74, 6) is -1.70. The molecule has 0 bridgehead atoms. The van der Waals surface area contributed by atoms with E-state index in [1.165, 1.54) is 29.2 Å². The number of carbonyl (C=O) groups is 3. The molecule has 0 atom stereocenters. The number of nitrogens with zero attached hydrogens (tertiary/aromatic N) is 2. The molecule has 5 rings (SSSR count). The predicted molar refractivity (Wildman–Crippen MR) is 129 cm³/mol. The van der Waals surface area contributed by atoms with Gasteiger partial charge < -0.3 is 4.90 Å². The predicted octanol–water partition coefficient (Wildman–Crippen LogP) is 5.58. The molecule has 5 nitrogen and oxygen atoms in total. The molecule has 1 aliphatic rings. The zero-order valence-electron chi connectivity index (χ0n) is 17.9. The number of rotatable bonds is 5. The van der Waals surface area contributed by atoms with Gasteiger partial charge in [0.1, 0.15) is 5.82 Å². The number of carbonyl (C=O) groups excluding carboxylic acids is 3. The van der Waals surface area contributed by atoms with Crippen molar-refractivity contribution in [3.63, 3.8) is 0 Å². The van der Waals surface area contributed by atoms with Crippen molar-refractivity contribution in [1.82, 2.24) is 4.90 Å². The van der Waals surface area contributed by atoms with Crippen LogP contribution in [-0.4, -0.2) is 35.7 Å². The van der Waals surface area contributed by atoms with Crippen molar-refractivity contribution >= 4 is 45.8 Å². The zero-order valence-corrected chi connectivity index (χ0v) is 18.6. The Bertz CT molecular complexity index is 1400. The molecule has 0 saturated carbocycles. The van der Waals surface area contributed by atoms with Gasteiger partial charge in [0.05, 0.1) is 10.6 Å². The molecule has 0 N–H and O–H groups in total. The summed E-state index contributed by atoms with van der Waals surface area (Å²) in [7, 11) is 0. The third-order valence-corrected chi connectivity index (χ3v) is 6.22. The van der Waals surface area contributed by atoms with Gasteiger partial charge in [0.2, 0.25) is 0 Å². The molecular formula is C27H18ClFN2O3. The minimum absolute atomic E-state index is 0.00527. The highest BCUT2D eigenvalue weighted by Crippen LogP contribution is 2.30. The third kappa shape index (κ3) is 3.72. The molecule has 7 heteroatoms. The SMILES string of the molecule is O=C1c2cccc3cccc(c23)C(=O)N1CCN(C(=O)c1ccccc1Cl)c1ccc(F)cc1. The number of hydrogen-bond acceptors (Lipinski definition) is 3. The van der Waals surface area contributed by atoms with Crippen LogP contribution < -0.4 is 4.90 Å². The van der Waals surface area contributed by atoms with Crippen molar-refractivity contribution in [2.45, 2.75) is 0 Å². The second-order valence-electron chi connectivity index (χ2n) is 7.88. The van der Waals surface area contributed by atoms with E-state index in [9.17, 15) is 18.8 Å². The maximum Gasteiger partial charge on any atom is 0.261 e. The van der Waals surface area contributed by atoms with Gasteiger partial charge in [-0.1, -0.05) is 48.0 Å². The number of halogens is 2. The Morgan fingerprint density at radius 1 is 0.824 bits per heavy atom. The average Bonchev–Trinajstić information content (AvgIpc) is 2.85. The number of amides is 3. The first-order valence-electron chi connectivity index (χ1n) is 10.7. The van der Waals surface area contributed by atoms with Crippen molar-refractivity contribution in [2.75, 3.05) is 18.0 Å². The fourth-order valence-corrected chi connectivity index (χ4v) is 4.45. The van der Waals surface area contributed by atoms with Crippen LogP contribution in [0.5, 0.6) is 0 Å². The van der Waals surface area contributed by atoms with Crippen molar-refractivity contribution in [3.05, 3.63) is 112 Å². The highest BCUT2D eigenvalue weighted by atomic mass is 35.5. The molecule has 1 heterocycles. The lowest BCUT2D eigenvalue weighted by molar-refractivity contribution is 0.0611. The summed E-state index contributed by atoms with van der Waals surface area (Å²) in [5, 5.41) is 1.72. The van der Waals surface area contributed by atoms with E-state index in [0.717, 1.165) is 10.3 Å².